The Balaban J connectivity index is 1.55. The van der Waals surface area contributed by atoms with Crippen molar-refractivity contribution >= 4 is 17.4 Å². The van der Waals surface area contributed by atoms with Gasteiger partial charge in [-0.15, -0.1) is 0 Å². The number of nitrogens with one attached hydrogen (secondary N) is 1. The van der Waals surface area contributed by atoms with Gasteiger partial charge in [0.1, 0.15) is 6.04 Å². The van der Waals surface area contributed by atoms with Crippen molar-refractivity contribution < 1.29 is 4.52 Å². The topological polar surface area (TPSA) is 51.0 Å². The molecule has 1 N–H and O–H groups in total. The van der Waals surface area contributed by atoms with Gasteiger partial charge in [0.15, 0.2) is 5.82 Å². The van der Waals surface area contributed by atoms with Crippen molar-refractivity contribution in [2.24, 2.45) is 0 Å². The summed E-state index contributed by atoms with van der Waals surface area (Å²) in [6, 6.07) is 8.69. The van der Waals surface area contributed by atoms with Crippen LogP contribution in [-0.4, -0.2) is 15.4 Å². The van der Waals surface area contributed by atoms with Crippen LogP contribution in [0.5, 0.6) is 0 Å². The lowest BCUT2D eigenvalue weighted by atomic mass is 10.0. The van der Waals surface area contributed by atoms with Crippen LogP contribution in [0, 0.1) is 0 Å². The first-order chi connectivity index (χ1) is 11.7. The van der Waals surface area contributed by atoms with Crippen LogP contribution in [0.25, 0.3) is 0 Å². The van der Waals surface area contributed by atoms with E-state index in [0.717, 1.165) is 28.9 Å². The maximum atomic E-state index is 5.32. The van der Waals surface area contributed by atoms with E-state index in [1.807, 2.05) is 6.92 Å². The second-order valence-corrected chi connectivity index (χ2v) is 7.83. The van der Waals surface area contributed by atoms with E-state index in [1.165, 1.54) is 37.7 Å². The fourth-order valence-electron chi connectivity index (χ4n) is 3.10. The van der Waals surface area contributed by atoms with E-state index in [9.17, 15) is 0 Å². The molecule has 4 nitrogen and oxygen atoms in total. The Bertz CT molecular complexity index is 637. The number of thioether (sulfide) groups is 1. The highest BCUT2D eigenvalue weighted by molar-refractivity contribution is 7.99. The van der Waals surface area contributed by atoms with Crippen LogP contribution in [0.2, 0.25) is 0 Å². The van der Waals surface area contributed by atoms with Crippen molar-refractivity contribution in [2.75, 3.05) is 5.32 Å². The van der Waals surface area contributed by atoms with Gasteiger partial charge in [-0.1, -0.05) is 43.5 Å². The van der Waals surface area contributed by atoms with E-state index < -0.39 is 0 Å². The van der Waals surface area contributed by atoms with Gasteiger partial charge in [-0.2, -0.15) is 16.7 Å². The minimum Gasteiger partial charge on any atom is -0.374 e. The molecule has 1 aromatic carbocycles. The van der Waals surface area contributed by atoms with Gasteiger partial charge in [-0.25, -0.2) is 0 Å². The SMILES string of the molecule is CCc1noc(C(C)Nc2cccc(CSC3CCCCC3)c2)n1. The molecule has 1 heterocycles. The molecular weight excluding hydrogens is 318 g/mol. The average molecular weight is 346 g/mol. The van der Waals surface area contributed by atoms with Gasteiger partial charge in [0, 0.05) is 23.1 Å². The molecule has 0 radical (unpaired) electrons. The van der Waals surface area contributed by atoms with E-state index >= 15 is 0 Å². The number of rotatable bonds is 7. The van der Waals surface area contributed by atoms with Gasteiger partial charge in [-0.3, -0.25) is 0 Å². The summed E-state index contributed by atoms with van der Waals surface area (Å²) < 4.78 is 5.32. The fourth-order valence-corrected chi connectivity index (χ4v) is 4.37. The van der Waals surface area contributed by atoms with Gasteiger partial charge in [0.2, 0.25) is 5.89 Å². The Kier molecular flexibility index (Phi) is 6.18. The number of hydrogen-bond donors (Lipinski definition) is 1. The minimum absolute atomic E-state index is 0.0130. The van der Waals surface area contributed by atoms with Gasteiger partial charge in [0.05, 0.1) is 0 Å². The van der Waals surface area contributed by atoms with Crippen LogP contribution in [0.3, 0.4) is 0 Å². The smallest absolute Gasteiger partial charge is 0.248 e. The van der Waals surface area contributed by atoms with E-state index in [4.69, 9.17) is 4.52 Å². The van der Waals surface area contributed by atoms with Gasteiger partial charge >= 0.3 is 0 Å². The average Bonchev–Trinajstić information content (AvgIpc) is 3.11. The molecule has 0 spiro atoms. The van der Waals surface area contributed by atoms with E-state index in [2.05, 4.69) is 58.4 Å². The predicted molar refractivity (Wildman–Crippen MR) is 100 cm³/mol. The Hall–Kier alpha value is -1.49. The molecule has 1 aromatic heterocycles. The second kappa shape index (κ2) is 8.56. The lowest BCUT2D eigenvalue weighted by Crippen LogP contribution is -2.09. The van der Waals surface area contributed by atoms with E-state index in [-0.39, 0.29) is 6.04 Å². The number of benzene rings is 1. The molecule has 1 aliphatic rings. The number of hydrogen-bond acceptors (Lipinski definition) is 5. The normalized spacial score (nSPS) is 16.9. The first kappa shape index (κ1) is 17.3. The zero-order valence-electron chi connectivity index (χ0n) is 14.6. The molecule has 1 unspecified atom stereocenters. The van der Waals surface area contributed by atoms with Crippen molar-refractivity contribution in [1.82, 2.24) is 10.1 Å². The zero-order chi connectivity index (χ0) is 16.8. The van der Waals surface area contributed by atoms with Crippen LogP contribution >= 0.6 is 11.8 Å². The van der Waals surface area contributed by atoms with Crippen LogP contribution < -0.4 is 5.32 Å². The molecule has 0 saturated heterocycles. The summed E-state index contributed by atoms with van der Waals surface area (Å²) in [5, 5.41) is 8.28. The monoisotopic (exact) mass is 345 g/mol. The lowest BCUT2D eigenvalue weighted by molar-refractivity contribution is 0.363. The summed E-state index contributed by atoms with van der Waals surface area (Å²) in [6.45, 7) is 4.08. The number of nitrogens with zero attached hydrogens (tertiary/aromatic N) is 2. The highest BCUT2D eigenvalue weighted by Crippen LogP contribution is 2.31. The highest BCUT2D eigenvalue weighted by atomic mass is 32.2. The molecule has 0 bridgehead atoms. The van der Waals surface area contributed by atoms with Crippen molar-refractivity contribution in [3.8, 4) is 0 Å². The summed E-state index contributed by atoms with van der Waals surface area (Å²) in [5.41, 5.74) is 2.49. The first-order valence-corrected chi connectivity index (χ1v) is 10.1. The molecule has 130 valence electrons. The number of aryl methyl sites for hydroxylation is 1. The van der Waals surface area contributed by atoms with Crippen LogP contribution in [0.15, 0.2) is 28.8 Å². The molecule has 24 heavy (non-hydrogen) atoms. The minimum atomic E-state index is 0.0130. The Morgan fingerprint density at radius 3 is 2.88 bits per heavy atom. The third-order valence-corrected chi connectivity index (χ3v) is 5.96. The van der Waals surface area contributed by atoms with Gasteiger partial charge < -0.3 is 9.84 Å². The highest BCUT2D eigenvalue weighted by Gasteiger charge is 2.15. The molecule has 0 aliphatic heterocycles. The summed E-state index contributed by atoms with van der Waals surface area (Å²) >= 11 is 2.11. The predicted octanol–water partition coefficient (Wildman–Crippen LogP) is 5.37. The molecule has 1 fully saturated rings. The Labute approximate surface area is 148 Å². The standard InChI is InChI=1S/C19H27N3OS/c1-3-18-21-19(23-22-18)14(2)20-16-9-7-8-15(12-16)13-24-17-10-5-4-6-11-17/h7-9,12,14,17,20H,3-6,10-11,13H2,1-2H3. The van der Waals surface area contributed by atoms with Gasteiger partial charge in [0.25, 0.3) is 0 Å². The van der Waals surface area contributed by atoms with Crippen molar-refractivity contribution in [2.45, 2.75) is 69.4 Å². The Morgan fingerprint density at radius 1 is 1.29 bits per heavy atom. The van der Waals surface area contributed by atoms with Crippen LogP contribution in [0.4, 0.5) is 5.69 Å². The molecule has 1 atom stereocenters. The van der Waals surface area contributed by atoms with Gasteiger partial charge in [-0.05, 0) is 37.5 Å². The summed E-state index contributed by atoms with van der Waals surface area (Å²) in [6.07, 6.45) is 7.79. The molecule has 2 aromatic rings. The van der Waals surface area contributed by atoms with Crippen LogP contribution in [0.1, 0.15) is 69.3 Å². The fraction of sp³-hybridized carbons (Fsp3) is 0.579. The van der Waals surface area contributed by atoms with Crippen molar-refractivity contribution in [1.29, 1.82) is 0 Å². The summed E-state index contributed by atoms with van der Waals surface area (Å²) in [5.74, 6) is 2.50. The molecule has 1 saturated carbocycles. The zero-order valence-corrected chi connectivity index (χ0v) is 15.4. The summed E-state index contributed by atoms with van der Waals surface area (Å²) in [4.78, 5) is 4.40. The van der Waals surface area contributed by atoms with Crippen molar-refractivity contribution in [3.05, 3.63) is 41.5 Å². The number of anilines is 1. The third kappa shape index (κ3) is 4.76. The van der Waals surface area contributed by atoms with Crippen molar-refractivity contribution in [3.63, 3.8) is 0 Å². The maximum absolute atomic E-state index is 5.32. The van der Waals surface area contributed by atoms with Crippen LogP contribution in [-0.2, 0) is 12.2 Å². The number of aromatic nitrogens is 2. The molecule has 1 aliphatic carbocycles. The molecule has 5 heteroatoms. The molecule has 0 amide bonds. The maximum Gasteiger partial charge on any atom is 0.248 e. The molecular formula is C19H27N3OS. The van der Waals surface area contributed by atoms with E-state index in [1.54, 1.807) is 0 Å². The second-order valence-electron chi connectivity index (χ2n) is 6.54. The third-order valence-electron chi connectivity index (χ3n) is 4.52. The van der Waals surface area contributed by atoms with E-state index in [0.29, 0.717) is 5.89 Å². The molecule has 3 rings (SSSR count). The summed E-state index contributed by atoms with van der Waals surface area (Å²) in [7, 11) is 0. The Morgan fingerprint density at radius 2 is 2.12 bits per heavy atom. The lowest BCUT2D eigenvalue weighted by Gasteiger charge is -2.21. The quantitative estimate of drug-likeness (QED) is 0.731. The first-order valence-electron chi connectivity index (χ1n) is 9.04. The largest absolute Gasteiger partial charge is 0.374 e.